The lowest BCUT2D eigenvalue weighted by molar-refractivity contribution is -0.138. The second-order valence-corrected chi connectivity index (χ2v) is 3.82. The molecule has 0 spiro atoms. The molecule has 1 heterocycles. The molecule has 3 N–H and O–H groups in total. The summed E-state index contributed by atoms with van der Waals surface area (Å²) in [5.74, 6) is 0.441. The first-order chi connectivity index (χ1) is 6.65. The van der Waals surface area contributed by atoms with Crippen LogP contribution in [0.25, 0.3) is 0 Å². The van der Waals surface area contributed by atoms with Crippen molar-refractivity contribution in [2.24, 2.45) is 10.8 Å². The van der Waals surface area contributed by atoms with Crippen LogP contribution in [0.4, 0.5) is 4.79 Å². The predicted octanol–water partition coefficient (Wildman–Crippen LogP) is -0.311. The van der Waals surface area contributed by atoms with Gasteiger partial charge in [0.15, 0.2) is 0 Å². The SMILES string of the molecule is COC(=O)C1SCC/C1=N/NC(N)=O. The Morgan fingerprint density at radius 2 is 2.43 bits per heavy atom. The standard InChI is InChI=1S/C7H11N3O3S/c1-13-6(11)5-4(2-3-14-5)9-10-7(8)12/h5H,2-3H2,1H3,(H3,8,10,12)/b9-4-. The number of hydrogen-bond acceptors (Lipinski definition) is 5. The van der Waals surface area contributed by atoms with Gasteiger partial charge in [0, 0.05) is 0 Å². The van der Waals surface area contributed by atoms with E-state index < -0.39 is 11.3 Å². The lowest BCUT2D eigenvalue weighted by Gasteiger charge is -2.06. The summed E-state index contributed by atoms with van der Waals surface area (Å²) in [5, 5.41) is 3.33. The molecular formula is C7H11N3O3S. The third-order valence-corrected chi connectivity index (χ3v) is 2.91. The highest BCUT2D eigenvalue weighted by Crippen LogP contribution is 2.24. The molecule has 0 aliphatic carbocycles. The fourth-order valence-electron chi connectivity index (χ4n) is 1.06. The van der Waals surface area contributed by atoms with Gasteiger partial charge in [0.1, 0.15) is 5.25 Å². The minimum absolute atomic E-state index is 0.350. The first-order valence-corrected chi connectivity index (χ1v) is 5.01. The maximum atomic E-state index is 11.2. The van der Waals surface area contributed by atoms with Gasteiger partial charge in [-0.1, -0.05) is 0 Å². The largest absolute Gasteiger partial charge is 0.468 e. The number of amides is 2. The van der Waals surface area contributed by atoms with E-state index in [2.05, 4.69) is 15.3 Å². The molecule has 1 atom stereocenters. The van der Waals surface area contributed by atoms with Crippen LogP contribution in [-0.2, 0) is 9.53 Å². The van der Waals surface area contributed by atoms with Crippen molar-refractivity contribution in [3.63, 3.8) is 0 Å². The first-order valence-electron chi connectivity index (χ1n) is 3.96. The maximum absolute atomic E-state index is 11.2. The van der Waals surface area contributed by atoms with Crippen molar-refractivity contribution in [1.82, 2.24) is 5.43 Å². The minimum Gasteiger partial charge on any atom is -0.468 e. The molecule has 1 aliphatic rings. The Morgan fingerprint density at radius 1 is 1.71 bits per heavy atom. The topological polar surface area (TPSA) is 93.8 Å². The number of carbonyl (C=O) groups is 2. The molecule has 0 aromatic heterocycles. The van der Waals surface area contributed by atoms with Gasteiger partial charge < -0.3 is 10.5 Å². The smallest absolute Gasteiger partial charge is 0.332 e. The predicted molar refractivity (Wildman–Crippen MR) is 53.0 cm³/mol. The number of primary amides is 1. The average Bonchev–Trinajstić information content (AvgIpc) is 2.61. The zero-order valence-corrected chi connectivity index (χ0v) is 8.47. The number of urea groups is 1. The Morgan fingerprint density at radius 3 is 3.00 bits per heavy atom. The van der Waals surface area contributed by atoms with Crippen LogP contribution in [0.5, 0.6) is 0 Å². The molecule has 1 unspecified atom stereocenters. The quantitative estimate of drug-likeness (QED) is 0.490. The number of rotatable bonds is 2. The molecule has 7 heteroatoms. The van der Waals surface area contributed by atoms with Crippen LogP contribution < -0.4 is 11.2 Å². The van der Waals surface area contributed by atoms with Crippen LogP contribution >= 0.6 is 11.8 Å². The normalized spacial score (nSPS) is 23.5. The van der Waals surface area contributed by atoms with E-state index in [1.54, 1.807) is 0 Å². The lowest BCUT2D eigenvalue weighted by atomic mass is 10.2. The van der Waals surface area contributed by atoms with E-state index in [-0.39, 0.29) is 5.97 Å². The van der Waals surface area contributed by atoms with Crippen molar-refractivity contribution in [1.29, 1.82) is 0 Å². The van der Waals surface area contributed by atoms with E-state index in [4.69, 9.17) is 5.73 Å². The van der Waals surface area contributed by atoms with E-state index in [9.17, 15) is 9.59 Å². The summed E-state index contributed by atoms with van der Waals surface area (Å²) >= 11 is 1.44. The number of ether oxygens (including phenoxy) is 1. The van der Waals surface area contributed by atoms with Crippen molar-refractivity contribution < 1.29 is 14.3 Å². The Kier molecular flexibility index (Phi) is 3.75. The summed E-state index contributed by atoms with van der Waals surface area (Å²) in [4.78, 5) is 21.6. The molecule has 0 radical (unpaired) electrons. The molecular weight excluding hydrogens is 206 g/mol. The molecule has 14 heavy (non-hydrogen) atoms. The fraction of sp³-hybridized carbons (Fsp3) is 0.571. The van der Waals surface area contributed by atoms with Crippen LogP contribution in [0.1, 0.15) is 6.42 Å². The number of nitrogens with zero attached hydrogens (tertiary/aromatic N) is 1. The number of methoxy groups -OCH3 is 1. The summed E-state index contributed by atoms with van der Waals surface area (Å²) in [5.41, 5.74) is 7.54. The van der Waals surface area contributed by atoms with Crippen LogP contribution in [0, 0.1) is 0 Å². The van der Waals surface area contributed by atoms with Gasteiger partial charge in [0.05, 0.1) is 12.8 Å². The van der Waals surface area contributed by atoms with Gasteiger partial charge in [-0.25, -0.2) is 10.2 Å². The average molecular weight is 217 g/mol. The highest BCUT2D eigenvalue weighted by molar-refractivity contribution is 8.01. The maximum Gasteiger partial charge on any atom is 0.332 e. The van der Waals surface area contributed by atoms with E-state index in [0.717, 1.165) is 5.75 Å². The van der Waals surface area contributed by atoms with Crippen LogP contribution in [0.3, 0.4) is 0 Å². The second kappa shape index (κ2) is 4.85. The van der Waals surface area contributed by atoms with Gasteiger partial charge in [-0.15, -0.1) is 11.8 Å². The van der Waals surface area contributed by atoms with Crippen molar-refractivity contribution >= 4 is 29.5 Å². The second-order valence-electron chi connectivity index (χ2n) is 2.60. The first kappa shape index (κ1) is 10.8. The van der Waals surface area contributed by atoms with Crippen molar-refractivity contribution in [2.75, 3.05) is 12.9 Å². The number of carbonyl (C=O) groups excluding carboxylic acids is 2. The molecule has 2 amide bonds. The number of nitrogens with one attached hydrogen (secondary N) is 1. The van der Waals surface area contributed by atoms with Crippen LogP contribution in [0.2, 0.25) is 0 Å². The van der Waals surface area contributed by atoms with Gasteiger partial charge in [0.2, 0.25) is 0 Å². The van der Waals surface area contributed by atoms with Gasteiger partial charge in [-0.3, -0.25) is 4.79 Å². The Balaban J connectivity index is 2.63. The monoisotopic (exact) mass is 217 g/mol. The summed E-state index contributed by atoms with van der Waals surface area (Å²) in [6, 6.07) is -0.738. The van der Waals surface area contributed by atoms with Gasteiger partial charge in [0.25, 0.3) is 0 Å². The molecule has 0 bridgehead atoms. The van der Waals surface area contributed by atoms with Gasteiger partial charge in [-0.05, 0) is 12.2 Å². The highest BCUT2D eigenvalue weighted by atomic mass is 32.2. The summed E-state index contributed by atoms with van der Waals surface area (Å²) in [6.07, 6.45) is 0.657. The molecule has 0 aromatic rings. The summed E-state index contributed by atoms with van der Waals surface area (Å²) < 4.78 is 4.59. The third kappa shape index (κ3) is 2.63. The van der Waals surface area contributed by atoms with Gasteiger partial charge >= 0.3 is 12.0 Å². The number of thioether (sulfide) groups is 1. The van der Waals surface area contributed by atoms with E-state index in [1.165, 1.54) is 18.9 Å². The highest BCUT2D eigenvalue weighted by Gasteiger charge is 2.31. The van der Waals surface area contributed by atoms with Crippen LogP contribution in [-0.4, -0.2) is 35.8 Å². The number of hydrazone groups is 1. The Labute approximate surface area is 85.2 Å². The van der Waals surface area contributed by atoms with Crippen molar-refractivity contribution in [3.05, 3.63) is 0 Å². The molecule has 78 valence electrons. The Hall–Kier alpha value is -1.24. The molecule has 0 saturated carbocycles. The molecule has 6 nitrogen and oxygen atoms in total. The third-order valence-electron chi connectivity index (χ3n) is 1.67. The summed E-state index contributed by atoms with van der Waals surface area (Å²) in [6.45, 7) is 0. The zero-order valence-electron chi connectivity index (χ0n) is 7.65. The zero-order chi connectivity index (χ0) is 10.6. The van der Waals surface area contributed by atoms with Crippen molar-refractivity contribution in [3.8, 4) is 0 Å². The molecule has 0 aromatic carbocycles. The summed E-state index contributed by atoms with van der Waals surface area (Å²) in [7, 11) is 1.32. The van der Waals surface area contributed by atoms with E-state index in [0.29, 0.717) is 12.1 Å². The molecule has 1 saturated heterocycles. The van der Waals surface area contributed by atoms with Gasteiger partial charge in [-0.2, -0.15) is 5.10 Å². The van der Waals surface area contributed by atoms with E-state index >= 15 is 0 Å². The number of nitrogens with two attached hydrogens (primary N) is 1. The minimum atomic E-state index is -0.738. The number of esters is 1. The molecule has 1 aliphatic heterocycles. The Bertz CT molecular complexity index is 279. The van der Waals surface area contributed by atoms with Crippen LogP contribution in [0.15, 0.2) is 5.10 Å². The molecule has 1 rings (SSSR count). The van der Waals surface area contributed by atoms with Crippen molar-refractivity contribution in [2.45, 2.75) is 11.7 Å². The molecule has 1 fully saturated rings. The lowest BCUT2D eigenvalue weighted by Crippen LogP contribution is -2.30. The number of hydrogen-bond donors (Lipinski definition) is 2. The fourth-order valence-corrected chi connectivity index (χ4v) is 2.22. The van der Waals surface area contributed by atoms with E-state index in [1.807, 2.05) is 0 Å².